The van der Waals surface area contributed by atoms with Crippen LogP contribution in [0, 0.1) is 10.1 Å². The zero-order valence-corrected chi connectivity index (χ0v) is 22.2. The molecule has 0 bridgehead atoms. The summed E-state index contributed by atoms with van der Waals surface area (Å²) in [6.07, 6.45) is 0. The molecule has 40 heavy (non-hydrogen) atoms. The van der Waals surface area contributed by atoms with E-state index in [1.807, 2.05) is 12.1 Å². The highest BCUT2D eigenvalue weighted by molar-refractivity contribution is 6.06. The normalized spacial score (nSPS) is 14.2. The molecule has 12 heteroatoms. The third kappa shape index (κ3) is 4.77. The monoisotopic (exact) mass is 542 g/mol. The van der Waals surface area contributed by atoms with Crippen LogP contribution < -0.4 is 24.8 Å². The first-order chi connectivity index (χ1) is 19.3. The minimum Gasteiger partial charge on any atom is -0.495 e. The van der Waals surface area contributed by atoms with E-state index in [9.17, 15) is 14.9 Å². The molecule has 1 unspecified atom stereocenters. The molecule has 4 aromatic rings. The second kappa shape index (κ2) is 10.8. The van der Waals surface area contributed by atoms with Gasteiger partial charge in [-0.05, 0) is 48.9 Å². The fraction of sp³-hybridized carbons (Fsp3) is 0.179. The van der Waals surface area contributed by atoms with E-state index in [0.29, 0.717) is 57.1 Å². The number of anilines is 2. The van der Waals surface area contributed by atoms with Crippen molar-refractivity contribution in [3.63, 3.8) is 0 Å². The minimum absolute atomic E-state index is 0.0399. The number of nitro benzene ring substituents is 1. The van der Waals surface area contributed by atoms with Gasteiger partial charge in [-0.15, -0.1) is 5.10 Å². The van der Waals surface area contributed by atoms with Crippen LogP contribution in [-0.4, -0.2) is 46.9 Å². The van der Waals surface area contributed by atoms with Crippen molar-refractivity contribution in [2.45, 2.75) is 13.0 Å². The van der Waals surface area contributed by atoms with Gasteiger partial charge in [0.2, 0.25) is 5.95 Å². The molecule has 12 nitrogen and oxygen atoms in total. The second-order valence-electron chi connectivity index (χ2n) is 8.84. The van der Waals surface area contributed by atoms with Crippen molar-refractivity contribution >= 4 is 23.2 Å². The summed E-state index contributed by atoms with van der Waals surface area (Å²) in [6, 6.07) is 17.8. The molecule has 0 saturated carbocycles. The Balaban J connectivity index is 1.62. The Labute approximate surface area is 229 Å². The highest BCUT2D eigenvalue weighted by Crippen LogP contribution is 2.40. The lowest BCUT2D eigenvalue weighted by atomic mass is 9.94. The Morgan fingerprint density at radius 2 is 1.68 bits per heavy atom. The number of fused-ring (bicyclic) bond motifs is 1. The Hall–Kier alpha value is -5.39. The molecule has 0 aliphatic carbocycles. The van der Waals surface area contributed by atoms with Gasteiger partial charge in [-0.2, -0.15) is 4.98 Å². The Bertz CT molecular complexity index is 1630. The van der Waals surface area contributed by atoms with E-state index in [-0.39, 0.29) is 11.6 Å². The van der Waals surface area contributed by atoms with Crippen molar-refractivity contribution in [3.8, 4) is 28.6 Å². The SMILES string of the molecule is COc1ccccc1NC(=O)C1=C(C)Nc2nc(-c3ccc([N+](=O)[O-])cc3)nn2C1c1ccc(OC)c(OC)c1. The topological polar surface area (TPSA) is 143 Å². The smallest absolute Gasteiger partial charge is 0.269 e. The number of ether oxygens (including phenoxy) is 3. The van der Waals surface area contributed by atoms with Crippen LogP contribution in [0.5, 0.6) is 17.2 Å². The molecule has 3 aromatic carbocycles. The number of nitro groups is 1. The summed E-state index contributed by atoms with van der Waals surface area (Å²) in [6.45, 7) is 1.79. The second-order valence-corrected chi connectivity index (χ2v) is 8.84. The number of methoxy groups -OCH3 is 3. The summed E-state index contributed by atoms with van der Waals surface area (Å²) in [5, 5.41) is 22.0. The molecular weight excluding hydrogens is 516 g/mol. The molecule has 0 spiro atoms. The van der Waals surface area contributed by atoms with E-state index < -0.39 is 11.0 Å². The number of nitrogens with zero attached hydrogens (tertiary/aromatic N) is 4. The molecule has 1 aliphatic rings. The largest absolute Gasteiger partial charge is 0.495 e. The predicted molar refractivity (Wildman–Crippen MR) is 148 cm³/mol. The summed E-state index contributed by atoms with van der Waals surface area (Å²) in [5.41, 5.74) is 2.72. The van der Waals surface area contributed by atoms with Gasteiger partial charge < -0.3 is 24.8 Å². The summed E-state index contributed by atoms with van der Waals surface area (Å²) < 4.78 is 18.0. The number of para-hydroxylation sites is 2. The van der Waals surface area contributed by atoms with Gasteiger partial charge >= 0.3 is 0 Å². The highest BCUT2D eigenvalue weighted by Gasteiger charge is 2.35. The third-order valence-corrected chi connectivity index (χ3v) is 6.51. The molecular formula is C28H26N6O6. The van der Waals surface area contributed by atoms with Gasteiger partial charge in [0.15, 0.2) is 17.3 Å². The summed E-state index contributed by atoms with van der Waals surface area (Å²) in [7, 11) is 4.61. The Kier molecular flexibility index (Phi) is 7.06. The third-order valence-electron chi connectivity index (χ3n) is 6.51. The lowest BCUT2D eigenvalue weighted by Crippen LogP contribution is -2.31. The lowest BCUT2D eigenvalue weighted by Gasteiger charge is -2.29. The number of aromatic nitrogens is 3. The predicted octanol–water partition coefficient (Wildman–Crippen LogP) is 4.81. The van der Waals surface area contributed by atoms with Crippen molar-refractivity contribution in [1.29, 1.82) is 0 Å². The van der Waals surface area contributed by atoms with Gasteiger partial charge in [0.1, 0.15) is 11.8 Å². The number of allylic oxidation sites excluding steroid dienone is 1. The average Bonchev–Trinajstić information content (AvgIpc) is 3.39. The molecule has 0 fully saturated rings. The van der Waals surface area contributed by atoms with Gasteiger partial charge in [-0.25, -0.2) is 4.68 Å². The molecule has 1 aliphatic heterocycles. The summed E-state index contributed by atoms with van der Waals surface area (Å²) in [5.74, 6) is 1.90. The van der Waals surface area contributed by atoms with E-state index in [0.717, 1.165) is 0 Å². The van der Waals surface area contributed by atoms with Crippen LogP contribution >= 0.6 is 0 Å². The van der Waals surface area contributed by atoms with Gasteiger partial charge in [0.25, 0.3) is 11.6 Å². The minimum atomic E-state index is -0.704. The summed E-state index contributed by atoms with van der Waals surface area (Å²) >= 11 is 0. The number of hydrogen-bond acceptors (Lipinski definition) is 9. The van der Waals surface area contributed by atoms with Crippen molar-refractivity contribution in [3.05, 3.63) is 93.7 Å². The molecule has 1 amide bonds. The molecule has 204 valence electrons. The molecule has 2 heterocycles. The van der Waals surface area contributed by atoms with Gasteiger partial charge in [0.05, 0.1) is 37.5 Å². The first-order valence-corrected chi connectivity index (χ1v) is 12.2. The van der Waals surface area contributed by atoms with Crippen LogP contribution in [0.25, 0.3) is 11.4 Å². The van der Waals surface area contributed by atoms with Gasteiger partial charge in [-0.3, -0.25) is 14.9 Å². The maximum absolute atomic E-state index is 13.8. The number of carbonyl (C=O) groups is 1. The van der Waals surface area contributed by atoms with E-state index in [4.69, 9.17) is 19.3 Å². The Morgan fingerprint density at radius 1 is 0.975 bits per heavy atom. The fourth-order valence-corrected chi connectivity index (χ4v) is 4.57. The standard InChI is InChI=1S/C28H26N6O6/c1-16-24(27(35)30-20-7-5-6-8-21(20)38-2)25(18-11-14-22(39-3)23(15-18)40-4)33-28(29-16)31-26(32-33)17-9-12-19(13-10-17)34(36)37/h5-15,25H,1-4H3,(H,30,35)(H,29,31,32). The Morgan fingerprint density at radius 3 is 2.35 bits per heavy atom. The average molecular weight is 543 g/mol. The molecule has 5 rings (SSSR count). The lowest BCUT2D eigenvalue weighted by molar-refractivity contribution is -0.384. The summed E-state index contributed by atoms with van der Waals surface area (Å²) in [4.78, 5) is 29.1. The van der Waals surface area contributed by atoms with E-state index in [1.165, 1.54) is 26.4 Å². The number of amides is 1. The molecule has 1 atom stereocenters. The first-order valence-electron chi connectivity index (χ1n) is 12.2. The number of benzene rings is 3. The van der Waals surface area contributed by atoms with Crippen LogP contribution in [0.15, 0.2) is 78.0 Å². The fourth-order valence-electron chi connectivity index (χ4n) is 4.57. The molecule has 1 aromatic heterocycles. The zero-order valence-electron chi connectivity index (χ0n) is 22.2. The van der Waals surface area contributed by atoms with Crippen LogP contribution in [-0.2, 0) is 4.79 Å². The van der Waals surface area contributed by atoms with Crippen LogP contribution in [0.4, 0.5) is 17.3 Å². The molecule has 0 radical (unpaired) electrons. The van der Waals surface area contributed by atoms with Crippen LogP contribution in [0.1, 0.15) is 18.5 Å². The van der Waals surface area contributed by atoms with Crippen LogP contribution in [0.2, 0.25) is 0 Å². The number of nitrogens with one attached hydrogen (secondary N) is 2. The quantitative estimate of drug-likeness (QED) is 0.237. The number of rotatable bonds is 8. The van der Waals surface area contributed by atoms with Gasteiger partial charge in [-0.1, -0.05) is 18.2 Å². The number of hydrogen-bond donors (Lipinski definition) is 2. The molecule has 0 saturated heterocycles. The van der Waals surface area contributed by atoms with E-state index in [2.05, 4.69) is 15.6 Å². The van der Waals surface area contributed by atoms with Crippen LogP contribution in [0.3, 0.4) is 0 Å². The van der Waals surface area contributed by atoms with Crippen molar-refractivity contribution in [2.75, 3.05) is 32.0 Å². The first kappa shape index (κ1) is 26.2. The van der Waals surface area contributed by atoms with Crippen molar-refractivity contribution in [2.24, 2.45) is 0 Å². The number of non-ortho nitro benzene ring substituents is 1. The van der Waals surface area contributed by atoms with Crippen molar-refractivity contribution in [1.82, 2.24) is 14.8 Å². The maximum Gasteiger partial charge on any atom is 0.269 e. The van der Waals surface area contributed by atoms with Crippen molar-refractivity contribution < 1.29 is 23.9 Å². The van der Waals surface area contributed by atoms with Gasteiger partial charge in [0, 0.05) is 23.4 Å². The van der Waals surface area contributed by atoms with E-state index >= 15 is 0 Å². The molecule has 2 N–H and O–H groups in total. The zero-order chi connectivity index (χ0) is 28.4. The number of carbonyl (C=O) groups excluding carboxylic acids is 1. The highest BCUT2D eigenvalue weighted by atomic mass is 16.6. The maximum atomic E-state index is 13.8. The van der Waals surface area contributed by atoms with E-state index in [1.54, 1.807) is 61.2 Å².